The first-order valence-electron chi connectivity index (χ1n) is 6.59. The lowest BCUT2D eigenvalue weighted by Crippen LogP contribution is -2.00. The van der Waals surface area contributed by atoms with Crippen LogP contribution in [0.3, 0.4) is 0 Å². The van der Waals surface area contributed by atoms with E-state index in [1.54, 1.807) is 16.8 Å². The number of para-hydroxylation sites is 2. The zero-order valence-electron chi connectivity index (χ0n) is 11.3. The number of nitriles is 1. The number of aromatic nitrogens is 2. The number of hydrogen-bond acceptors (Lipinski definition) is 3. The third-order valence-corrected chi connectivity index (χ3v) is 3.05. The highest BCUT2D eigenvalue weighted by atomic mass is 16.5. The summed E-state index contributed by atoms with van der Waals surface area (Å²) in [4.78, 5) is 0. The average molecular weight is 275 g/mol. The van der Waals surface area contributed by atoms with Crippen LogP contribution in [0.1, 0.15) is 11.3 Å². The van der Waals surface area contributed by atoms with E-state index < -0.39 is 0 Å². The maximum atomic E-state index is 9.02. The molecule has 0 N–H and O–H groups in total. The van der Waals surface area contributed by atoms with E-state index >= 15 is 0 Å². The van der Waals surface area contributed by atoms with Crippen molar-refractivity contribution < 1.29 is 4.74 Å². The van der Waals surface area contributed by atoms with Crippen molar-refractivity contribution in [3.63, 3.8) is 0 Å². The smallest absolute Gasteiger partial charge is 0.137 e. The summed E-state index contributed by atoms with van der Waals surface area (Å²) in [6, 6.07) is 21.1. The molecule has 1 heterocycles. The molecule has 4 heteroatoms. The molecule has 0 atom stereocenters. The summed E-state index contributed by atoms with van der Waals surface area (Å²) in [5, 5.41) is 13.5. The first-order valence-corrected chi connectivity index (χ1v) is 6.59. The van der Waals surface area contributed by atoms with Crippen molar-refractivity contribution in [2.75, 3.05) is 0 Å². The third-order valence-electron chi connectivity index (χ3n) is 3.05. The van der Waals surface area contributed by atoms with Crippen molar-refractivity contribution in [3.8, 4) is 17.5 Å². The SMILES string of the molecule is N#Cc1ccccc1OCc1ccn(-c2ccccc2)n1. The second-order valence-corrected chi connectivity index (χ2v) is 4.48. The molecule has 0 bridgehead atoms. The van der Waals surface area contributed by atoms with Gasteiger partial charge in [0.2, 0.25) is 0 Å². The highest BCUT2D eigenvalue weighted by Gasteiger charge is 2.05. The summed E-state index contributed by atoms with van der Waals surface area (Å²) in [5.74, 6) is 0.578. The number of ether oxygens (including phenoxy) is 1. The molecule has 21 heavy (non-hydrogen) atoms. The van der Waals surface area contributed by atoms with Gasteiger partial charge in [0.25, 0.3) is 0 Å². The molecule has 0 spiro atoms. The van der Waals surface area contributed by atoms with E-state index in [1.807, 2.05) is 54.7 Å². The second-order valence-electron chi connectivity index (χ2n) is 4.48. The lowest BCUT2D eigenvalue weighted by Gasteiger charge is -2.05. The van der Waals surface area contributed by atoms with Gasteiger partial charge in [0, 0.05) is 6.20 Å². The van der Waals surface area contributed by atoms with E-state index in [9.17, 15) is 0 Å². The van der Waals surface area contributed by atoms with Crippen molar-refractivity contribution >= 4 is 0 Å². The summed E-state index contributed by atoms with van der Waals surface area (Å²) in [7, 11) is 0. The molecule has 0 fully saturated rings. The first-order chi connectivity index (χ1) is 10.4. The van der Waals surface area contributed by atoms with Crippen LogP contribution in [0, 0.1) is 11.3 Å². The lowest BCUT2D eigenvalue weighted by molar-refractivity contribution is 0.299. The molecule has 102 valence electrons. The summed E-state index contributed by atoms with van der Waals surface area (Å²) < 4.78 is 7.47. The molecule has 3 aromatic rings. The Morgan fingerprint density at radius 1 is 1.00 bits per heavy atom. The van der Waals surface area contributed by atoms with Gasteiger partial charge in [-0.25, -0.2) is 4.68 Å². The van der Waals surface area contributed by atoms with E-state index in [4.69, 9.17) is 10.00 Å². The summed E-state index contributed by atoms with van der Waals surface area (Å²) >= 11 is 0. The number of benzene rings is 2. The Balaban J connectivity index is 1.72. The van der Waals surface area contributed by atoms with Crippen molar-refractivity contribution in [2.24, 2.45) is 0 Å². The average Bonchev–Trinajstić information content (AvgIpc) is 3.03. The fraction of sp³-hybridized carbons (Fsp3) is 0.0588. The monoisotopic (exact) mass is 275 g/mol. The maximum Gasteiger partial charge on any atom is 0.137 e. The molecule has 3 rings (SSSR count). The highest BCUT2D eigenvalue weighted by molar-refractivity contribution is 5.42. The zero-order valence-corrected chi connectivity index (χ0v) is 11.3. The lowest BCUT2D eigenvalue weighted by atomic mass is 10.2. The van der Waals surface area contributed by atoms with Gasteiger partial charge in [-0.1, -0.05) is 30.3 Å². The number of nitrogens with zero attached hydrogens (tertiary/aromatic N) is 3. The standard InChI is InChI=1S/C17H13N3O/c18-12-14-6-4-5-9-17(14)21-13-15-10-11-20(19-15)16-7-2-1-3-8-16/h1-11H,13H2. The van der Waals surface area contributed by atoms with E-state index in [0.717, 1.165) is 11.4 Å². The van der Waals surface area contributed by atoms with Crippen LogP contribution >= 0.6 is 0 Å². The molecule has 0 aliphatic carbocycles. The normalized spacial score (nSPS) is 10.0. The molecule has 0 radical (unpaired) electrons. The predicted octanol–water partition coefficient (Wildman–Crippen LogP) is 3.32. The van der Waals surface area contributed by atoms with E-state index in [-0.39, 0.29) is 0 Å². The van der Waals surface area contributed by atoms with Crippen molar-refractivity contribution in [2.45, 2.75) is 6.61 Å². The van der Waals surface area contributed by atoms with Crippen LogP contribution in [-0.4, -0.2) is 9.78 Å². The first kappa shape index (κ1) is 12.9. The maximum absolute atomic E-state index is 9.02. The Morgan fingerprint density at radius 3 is 2.57 bits per heavy atom. The molecule has 0 saturated heterocycles. The van der Waals surface area contributed by atoms with Gasteiger partial charge in [0.05, 0.1) is 11.3 Å². The molecule has 0 unspecified atom stereocenters. The van der Waals surface area contributed by atoms with Gasteiger partial charge < -0.3 is 4.74 Å². The highest BCUT2D eigenvalue weighted by Crippen LogP contribution is 2.18. The van der Waals surface area contributed by atoms with Crippen LogP contribution in [0.25, 0.3) is 5.69 Å². The van der Waals surface area contributed by atoms with Gasteiger partial charge in [-0.05, 0) is 30.3 Å². The molecule has 4 nitrogen and oxygen atoms in total. The topological polar surface area (TPSA) is 50.8 Å². The molecule has 0 saturated carbocycles. The van der Waals surface area contributed by atoms with Gasteiger partial charge in [0.1, 0.15) is 24.1 Å². The van der Waals surface area contributed by atoms with Gasteiger partial charge in [-0.2, -0.15) is 10.4 Å². The molecule has 0 aliphatic rings. The van der Waals surface area contributed by atoms with Gasteiger partial charge >= 0.3 is 0 Å². The number of rotatable bonds is 4. The van der Waals surface area contributed by atoms with Crippen molar-refractivity contribution in [1.82, 2.24) is 9.78 Å². The minimum Gasteiger partial charge on any atom is -0.486 e. The molecule has 0 amide bonds. The minimum atomic E-state index is 0.332. The number of hydrogen-bond donors (Lipinski definition) is 0. The van der Waals surface area contributed by atoms with E-state index in [1.165, 1.54) is 0 Å². The van der Waals surface area contributed by atoms with Gasteiger partial charge in [-0.3, -0.25) is 0 Å². The van der Waals surface area contributed by atoms with Crippen LogP contribution in [0.4, 0.5) is 0 Å². The summed E-state index contributed by atoms with van der Waals surface area (Å²) in [6.45, 7) is 0.332. The Bertz CT molecular complexity index is 772. The second kappa shape index (κ2) is 5.93. The Labute approximate surface area is 122 Å². The van der Waals surface area contributed by atoms with Gasteiger partial charge in [0.15, 0.2) is 0 Å². The van der Waals surface area contributed by atoms with Crippen LogP contribution < -0.4 is 4.74 Å². The summed E-state index contributed by atoms with van der Waals surface area (Å²) in [5.41, 5.74) is 2.34. The Morgan fingerprint density at radius 2 is 1.76 bits per heavy atom. The minimum absolute atomic E-state index is 0.332. The molecular weight excluding hydrogens is 262 g/mol. The van der Waals surface area contributed by atoms with E-state index in [2.05, 4.69) is 11.2 Å². The largest absolute Gasteiger partial charge is 0.486 e. The fourth-order valence-corrected chi connectivity index (χ4v) is 2.00. The third kappa shape index (κ3) is 2.93. The summed E-state index contributed by atoms with van der Waals surface area (Å²) in [6.07, 6.45) is 1.89. The van der Waals surface area contributed by atoms with E-state index in [0.29, 0.717) is 17.9 Å². The Kier molecular flexibility index (Phi) is 3.66. The van der Waals surface area contributed by atoms with Crippen LogP contribution in [0.5, 0.6) is 5.75 Å². The fourth-order valence-electron chi connectivity index (χ4n) is 2.00. The molecular formula is C17H13N3O. The van der Waals surface area contributed by atoms with Gasteiger partial charge in [-0.15, -0.1) is 0 Å². The molecule has 0 aliphatic heterocycles. The molecule has 2 aromatic carbocycles. The zero-order chi connectivity index (χ0) is 14.5. The quantitative estimate of drug-likeness (QED) is 0.734. The van der Waals surface area contributed by atoms with Crippen LogP contribution in [0.2, 0.25) is 0 Å². The predicted molar refractivity (Wildman–Crippen MR) is 79.1 cm³/mol. The molecule has 1 aromatic heterocycles. The Hall–Kier alpha value is -3.06. The van der Waals surface area contributed by atoms with Crippen molar-refractivity contribution in [1.29, 1.82) is 5.26 Å². The van der Waals surface area contributed by atoms with Crippen LogP contribution in [0.15, 0.2) is 66.9 Å². The van der Waals surface area contributed by atoms with Crippen molar-refractivity contribution in [3.05, 3.63) is 78.1 Å². The van der Waals surface area contributed by atoms with Crippen LogP contribution in [-0.2, 0) is 6.61 Å².